The van der Waals surface area contributed by atoms with Crippen LogP contribution < -0.4 is 20.3 Å². The molecule has 10 heteroatoms. The minimum absolute atomic E-state index is 0.0536. The fraction of sp³-hybridized carbons (Fsp3) is 0.462. The van der Waals surface area contributed by atoms with Gasteiger partial charge in [-0.15, -0.1) is 0 Å². The first-order valence-electron chi connectivity index (χ1n) is 6.90. The third-order valence-corrected chi connectivity index (χ3v) is 5.10. The number of esters is 1. The quantitative estimate of drug-likeness (QED) is 0.643. The van der Waals surface area contributed by atoms with Gasteiger partial charge in [0.2, 0.25) is 10.0 Å². The SMILES string of the molecule is CCOC(=O)C1CC(S(=O)(=O)Nc2ccc(OC)c(Cl)c2)NN1. The molecule has 0 amide bonds. The van der Waals surface area contributed by atoms with E-state index in [1.165, 1.54) is 19.2 Å². The largest absolute Gasteiger partial charge is 0.495 e. The van der Waals surface area contributed by atoms with E-state index in [9.17, 15) is 13.2 Å². The van der Waals surface area contributed by atoms with Crippen LogP contribution in [0.3, 0.4) is 0 Å². The van der Waals surface area contributed by atoms with Crippen molar-refractivity contribution in [3.05, 3.63) is 23.2 Å². The number of sulfonamides is 1. The van der Waals surface area contributed by atoms with Gasteiger partial charge >= 0.3 is 5.97 Å². The maximum atomic E-state index is 12.4. The summed E-state index contributed by atoms with van der Waals surface area (Å²) in [5.74, 6) is -0.0529. The predicted molar refractivity (Wildman–Crippen MR) is 85.6 cm³/mol. The van der Waals surface area contributed by atoms with Gasteiger partial charge in [0, 0.05) is 6.42 Å². The van der Waals surface area contributed by atoms with E-state index in [2.05, 4.69) is 15.6 Å². The Morgan fingerprint density at radius 3 is 2.78 bits per heavy atom. The molecule has 0 radical (unpaired) electrons. The van der Waals surface area contributed by atoms with E-state index in [-0.39, 0.29) is 18.1 Å². The lowest BCUT2D eigenvalue weighted by atomic mass is 10.2. The first-order chi connectivity index (χ1) is 10.9. The van der Waals surface area contributed by atoms with Gasteiger partial charge in [0.15, 0.2) is 0 Å². The van der Waals surface area contributed by atoms with Crippen LogP contribution in [0, 0.1) is 0 Å². The van der Waals surface area contributed by atoms with Crippen molar-refractivity contribution in [1.82, 2.24) is 10.9 Å². The summed E-state index contributed by atoms with van der Waals surface area (Å²) in [6, 6.07) is 3.83. The van der Waals surface area contributed by atoms with Gasteiger partial charge in [-0.3, -0.25) is 9.52 Å². The molecule has 2 rings (SSSR count). The molecular weight excluding hydrogens is 346 g/mol. The van der Waals surface area contributed by atoms with E-state index in [0.29, 0.717) is 11.4 Å². The van der Waals surface area contributed by atoms with Crippen LogP contribution in [0.15, 0.2) is 18.2 Å². The highest BCUT2D eigenvalue weighted by Crippen LogP contribution is 2.28. The molecule has 2 unspecified atom stereocenters. The number of halogens is 1. The van der Waals surface area contributed by atoms with E-state index >= 15 is 0 Å². The first kappa shape index (κ1) is 17.8. The number of carbonyl (C=O) groups is 1. The molecule has 0 saturated carbocycles. The summed E-state index contributed by atoms with van der Waals surface area (Å²) in [5.41, 5.74) is 5.51. The van der Waals surface area contributed by atoms with Crippen molar-refractivity contribution >= 4 is 33.3 Å². The Labute approximate surface area is 139 Å². The number of carbonyl (C=O) groups excluding carboxylic acids is 1. The molecule has 2 atom stereocenters. The minimum atomic E-state index is -3.76. The fourth-order valence-corrected chi connectivity index (χ4v) is 3.62. The zero-order chi connectivity index (χ0) is 17.0. The number of rotatable bonds is 6. The molecule has 1 saturated heterocycles. The van der Waals surface area contributed by atoms with Gasteiger partial charge < -0.3 is 9.47 Å². The van der Waals surface area contributed by atoms with Crippen LogP contribution in [0.4, 0.5) is 5.69 Å². The van der Waals surface area contributed by atoms with Crippen LogP contribution in [0.5, 0.6) is 5.75 Å². The van der Waals surface area contributed by atoms with Crippen molar-refractivity contribution < 1.29 is 22.7 Å². The average Bonchev–Trinajstić information content (AvgIpc) is 2.98. The van der Waals surface area contributed by atoms with Gasteiger partial charge in [-0.25, -0.2) is 19.3 Å². The Bertz CT molecular complexity index is 682. The molecule has 1 aliphatic heterocycles. The van der Waals surface area contributed by atoms with Crippen LogP contribution >= 0.6 is 11.6 Å². The van der Waals surface area contributed by atoms with E-state index in [1.54, 1.807) is 13.0 Å². The van der Waals surface area contributed by atoms with E-state index in [4.69, 9.17) is 21.1 Å². The molecule has 3 N–H and O–H groups in total. The second-order valence-corrected chi connectivity index (χ2v) is 7.08. The second kappa shape index (κ2) is 7.35. The summed E-state index contributed by atoms with van der Waals surface area (Å²) in [4.78, 5) is 11.6. The zero-order valence-electron chi connectivity index (χ0n) is 12.6. The third-order valence-electron chi connectivity index (χ3n) is 3.23. The lowest BCUT2D eigenvalue weighted by Crippen LogP contribution is -2.41. The van der Waals surface area contributed by atoms with E-state index in [0.717, 1.165) is 0 Å². The number of anilines is 1. The number of nitrogens with one attached hydrogen (secondary N) is 3. The zero-order valence-corrected chi connectivity index (χ0v) is 14.2. The number of ether oxygens (including phenoxy) is 2. The van der Waals surface area contributed by atoms with Crippen LogP contribution in [-0.2, 0) is 19.6 Å². The summed E-state index contributed by atoms with van der Waals surface area (Å²) in [5, 5.41) is -0.688. The molecule has 23 heavy (non-hydrogen) atoms. The summed E-state index contributed by atoms with van der Waals surface area (Å²) in [6.45, 7) is 1.92. The highest BCUT2D eigenvalue weighted by Gasteiger charge is 2.37. The molecule has 0 spiro atoms. The van der Waals surface area contributed by atoms with Crippen molar-refractivity contribution in [2.24, 2.45) is 0 Å². The predicted octanol–water partition coefficient (Wildman–Crippen LogP) is 0.846. The molecule has 1 aromatic rings. The molecule has 128 valence electrons. The Morgan fingerprint density at radius 2 is 2.17 bits per heavy atom. The van der Waals surface area contributed by atoms with Crippen LogP contribution in [0.25, 0.3) is 0 Å². The third kappa shape index (κ3) is 4.25. The van der Waals surface area contributed by atoms with Gasteiger partial charge in [-0.2, -0.15) is 0 Å². The molecular formula is C13H18ClN3O5S. The molecule has 0 bridgehead atoms. The van der Waals surface area contributed by atoms with Crippen LogP contribution in [-0.4, -0.2) is 39.5 Å². The highest BCUT2D eigenvalue weighted by atomic mass is 35.5. The second-order valence-electron chi connectivity index (χ2n) is 4.81. The summed E-state index contributed by atoms with van der Waals surface area (Å²) >= 11 is 5.97. The lowest BCUT2D eigenvalue weighted by molar-refractivity contribution is -0.145. The molecule has 1 fully saturated rings. The van der Waals surface area contributed by atoms with Gasteiger partial charge in [-0.05, 0) is 25.1 Å². The van der Waals surface area contributed by atoms with Crippen LogP contribution in [0.2, 0.25) is 5.02 Å². The molecule has 1 heterocycles. The van der Waals surface area contributed by atoms with Gasteiger partial charge in [-0.1, -0.05) is 11.6 Å². The Hall–Kier alpha value is -1.55. The molecule has 1 aliphatic rings. The number of hydrazine groups is 1. The molecule has 0 aromatic heterocycles. The summed E-state index contributed by atoms with van der Waals surface area (Å²) < 4.78 is 37.0. The highest BCUT2D eigenvalue weighted by molar-refractivity contribution is 7.93. The van der Waals surface area contributed by atoms with E-state index in [1.807, 2.05) is 0 Å². The van der Waals surface area contributed by atoms with Crippen molar-refractivity contribution in [3.63, 3.8) is 0 Å². The lowest BCUT2D eigenvalue weighted by Gasteiger charge is -2.14. The Balaban J connectivity index is 2.05. The van der Waals surface area contributed by atoms with Crippen LogP contribution in [0.1, 0.15) is 13.3 Å². The smallest absolute Gasteiger partial charge is 0.324 e. The standard InChI is InChI=1S/C13H18ClN3O5S/c1-3-22-13(18)10-7-12(16-15-10)23(19,20)17-8-4-5-11(21-2)9(14)6-8/h4-6,10,12,15-17H,3,7H2,1-2H3. The molecule has 1 aromatic carbocycles. The van der Waals surface area contributed by atoms with Crippen molar-refractivity contribution in [1.29, 1.82) is 0 Å². The normalized spacial score (nSPS) is 21.0. The van der Waals surface area contributed by atoms with Crippen molar-refractivity contribution in [2.45, 2.75) is 24.8 Å². The Morgan fingerprint density at radius 1 is 1.43 bits per heavy atom. The minimum Gasteiger partial charge on any atom is -0.495 e. The Kier molecular flexibility index (Phi) is 5.69. The maximum Gasteiger partial charge on any atom is 0.324 e. The molecule has 8 nitrogen and oxygen atoms in total. The topological polar surface area (TPSA) is 106 Å². The average molecular weight is 364 g/mol. The van der Waals surface area contributed by atoms with E-state index < -0.39 is 27.4 Å². The van der Waals surface area contributed by atoms with Crippen molar-refractivity contribution in [2.75, 3.05) is 18.4 Å². The van der Waals surface area contributed by atoms with Gasteiger partial charge in [0.05, 0.1) is 24.4 Å². The summed E-state index contributed by atoms with van der Waals surface area (Å²) in [7, 11) is -2.29. The summed E-state index contributed by atoms with van der Waals surface area (Å²) in [6.07, 6.45) is 0.0536. The monoisotopic (exact) mass is 363 g/mol. The van der Waals surface area contributed by atoms with Gasteiger partial charge in [0.1, 0.15) is 17.2 Å². The number of hydrogen-bond acceptors (Lipinski definition) is 7. The molecule has 0 aliphatic carbocycles. The number of methoxy groups -OCH3 is 1. The number of benzene rings is 1. The van der Waals surface area contributed by atoms with Gasteiger partial charge in [0.25, 0.3) is 0 Å². The number of hydrogen-bond donors (Lipinski definition) is 3. The fourth-order valence-electron chi connectivity index (χ4n) is 2.09. The maximum absolute atomic E-state index is 12.4. The first-order valence-corrected chi connectivity index (χ1v) is 8.82. The van der Waals surface area contributed by atoms with Crippen molar-refractivity contribution in [3.8, 4) is 5.75 Å².